The van der Waals surface area contributed by atoms with Crippen LogP contribution in [-0.4, -0.2) is 13.2 Å². The minimum Gasteiger partial charge on any atom is -0.330 e. The largest absolute Gasteiger partial charge is 0.330 e. The average Bonchev–Trinajstić information content (AvgIpc) is 2.58. The summed E-state index contributed by atoms with van der Waals surface area (Å²) in [6.45, 7) is 5.59. The molecule has 0 saturated heterocycles. The van der Waals surface area contributed by atoms with Gasteiger partial charge in [-0.25, -0.2) is 5.90 Å². The van der Waals surface area contributed by atoms with E-state index in [0.717, 1.165) is 6.54 Å². The van der Waals surface area contributed by atoms with E-state index in [0.29, 0.717) is 6.61 Å². The Balaban J connectivity index is 0. The van der Waals surface area contributed by atoms with Gasteiger partial charge in [-0.3, -0.25) is 0 Å². The summed E-state index contributed by atoms with van der Waals surface area (Å²) < 4.78 is 0. The first-order valence-corrected chi connectivity index (χ1v) is 10.3. The van der Waals surface area contributed by atoms with Crippen LogP contribution in [0.4, 0.5) is 0 Å². The van der Waals surface area contributed by atoms with Gasteiger partial charge in [0.05, 0.1) is 6.61 Å². The molecule has 0 heterocycles. The Bertz CT molecular complexity index is 159. The van der Waals surface area contributed by atoms with E-state index in [2.05, 4.69) is 17.7 Å². The molecule has 0 aromatic carbocycles. The number of rotatable bonds is 17. The fourth-order valence-electron chi connectivity index (χ4n) is 2.69. The molecule has 142 valence electrons. The zero-order valence-electron chi connectivity index (χ0n) is 16.3. The van der Waals surface area contributed by atoms with Crippen LogP contribution in [0, 0.1) is 0 Å². The molecule has 0 aromatic rings. The summed E-state index contributed by atoms with van der Waals surface area (Å²) in [4.78, 5) is 4.04. The third-order valence-corrected chi connectivity index (χ3v) is 4.22. The summed E-state index contributed by atoms with van der Waals surface area (Å²) in [6, 6.07) is 0. The maximum atomic E-state index is 5.48. The lowest BCUT2D eigenvalue weighted by Crippen LogP contribution is -1.97. The molecule has 0 bridgehead atoms. The van der Waals surface area contributed by atoms with Crippen molar-refractivity contribution in [2.24, 2.45) is 11.6 Å². The Morgan fingerprint density at radius 3 is 1.00 bits per heavy atom. The number of hydrogen-bond acceptors (Lipinski definition) is 3. The van der Waals surface area contributed by atoms with Crippen molar-refractivity contribution in [3.63, 3.8) is 0 Å². The first-order valence-electron chi connectivity index (χ1n) is 10.3. The Morgan fingerprint density at radius 1 is 0.522 bits per heavy atom. The van der Waals surface area contributed by atoms with E-state index in [1.54, 1.807) is 0 Å². The SMILES string of the molecule is CCCCCCCCCCCCCCCCCCN.CCON. The summed E-state index contributed by atoms with van der Waals surface area (Å²) in [5, 5.41) is 0. The van der Waals surface area contributed by atoms with Crippen LogP contribution in [0.1, 0.15) is 117 Å². The Kier molecular flexibility index (Phi) is 29.2. The van der Waals surface area contributed by atoms with Crippen molar-refractivity contribution in [2.75, 3.05) is 13.2 Å². The summed E-state index contributed by atoms with van der Waals surface area (Å²) in [5.41, 5.74) is 5.48. The van der Waals surface area contributed by atoms with Gasteiger partial charge >= 0.3 is 0 Å². The average molecular weight is 331 g/mol. The van der Waals surface area contributed by atoms with Gasteiger partial charge in [-0.15, -0.1) is 0 Å². The molecular weight excluding hydrogens is 284 g/mol. The van der Waals surface area contributed by atoms with Crippen LogP contribution in [0.3, 0.4) is 0 Å². The van der Waals surface area contributed by atoms with Crippen LogP contribution in [0.2, 0.25) is 0 Å². The van der Waals surface area contributed by atoms with Crippen molar-refractivity contribution in [1.29, 1.82) is 0 Å². The topological polar surface area (TPSA) is 61.3 Å². The second kappa shape index (κ2) is 26.8. The molecular formula is C20H46N2O. The minimum absolute atomic E-state index is 0.597. The molecule has 3 heteroatoms. The highest BCUT2D eigenvalue weighted by Crippen LogP contribution is 2.13. The van der Waals surface area contributed by atoms with Gasteiger partial charge in [-0.1, -0.05) is 103 Å². The molecule has 0 aromatic heterocycles. The minimum atomic E-state index is 0.597. The summed E-state index contributed by atoms with van der Waals surface area (Å²) >= 11 is 0. The molecule has 0 radical (unpaired) electrons. The van der Waals surface area contributed by atoms with Gasteiger partial charge in [0.15, 0.2) is 0 Å². The van der Waals surface area contributed by atoms with E-state index in [-0.39, 0.29) is 0 Å². The predicted octanol–water partition coefficient (Wildman–Crippen LogP) is 6.10. The molecule has 0 unspecified atom stereocenters. The van der Waals surface area contributed by atoms with Crippen LogP contribution in [0.5, 0.6) is 0 Å². The Morgan fingerprint density at radius 2 is 0.783 bits per heavy atom. The van der Waals surface area contributed by atoms with E-state index >= 15 is 0 Å². The fourth-order valence-corrected chi connectivity index (χ4v) is 2.69. The lowest BCUT2D eigenvalue weighted by molar-refractivity contribution is 0.152. The number of nitrogens with two attached hydrogens (primary N) is 2. The Labute approximate surface area is 146 Å². The van der Waals surface area contributed by atoms with Crippen LogP contribution in [0.25, 0.3) is 0 Å². The van der Waals surface area contributed by atoms with E-state index in [4.69, 9.17) is 5.73 Å². The standard InChI is InChI=1S/C18H39N.C2H7NO/c1-2-3-4-5-6-7-8-9-10-11-12-13-14-15-16-17-18-19;1-2-4-3/h2-19H2,1H3;2-3H2,1H3. The van der Waals surface area contributed by atoms with Crippen molar-refractivity contribution >= 4 is 0 Å². The highest BCUT2D eigenvalue weighted by atomic mass is 16.6. The van der Waals surface area contributed by atoms with Crippen LogP contribution in [0.15, 0.2) is 0 Å². The molecule has 0 saturated carbocycles. The lowest BCUT2D eigenvalue weighted by atomic mass is 10.0. The van der Waals surface area contributed by atoms with Crippen LogP contribution >= 0.6 is 0 Å². The predicted molar refractivity (Wildman–Crippen MR) is 104 cm³/mol. The molecule has 0 atom stereocenters. The molecule has 0 aliphatic heterocycles. The molecule has 0 aliphatic carbocycles. The molecule has 0 aliphatic rings. The molecule has 0 fully saturated rings. The smallest absolute Gasteiger partial charge is 0.0651 e. The maximum absolute atomic E-state index is 5.48. The van der Waals surface area contributed by atoms with Crippen molar-refractivity contribution in [3.05, 3.63) is 0 Å². The first-order chi connectivity index (χ1) is 11.3. The lowest BCUT2D eigenvalue weighted by Gasteiger charge is -2.03. The summed E-state index contributed by atoms with van der Waals surface area (Å²) in [7, 11) is 0. The summed E-state index contributed by atoms with van der Waals surface area (Å²) in [6.07, 6.45) is 22.9. The number of hydrogen-bond donors (Lipinski definition) is 2. The van der Waals surface area contributed by atoms with Gasteiger partial charge in [0.25, 0.3) is 0 Å². The van der Waals surface area contributed by atoms with Gasteiger partial charge in [0.2, 0.25) is 0 Å². The monoisotopic (exact) mass is 330 g/mol. The van der Waals surface area contributed by atoms with Crippen molar-refractivity contribution in [2.45, 2.75) is 117 Å². The van der Waals surface area contributed by atoms with Gasteiger partial charge in [-0.2, -0.15) is 0 Å². The third kappa shape index (κ3) is 30.3. The van der Waals surface area contributed by atoms with E-state index in [9.17, 15) is 0 Å². The van der Waals surface area contributed by atoms with Crippen molar-refractivity contribution in [1.82, 2.24) is 0 Å². The molecule has 0 amide bonds. The van der Waals surface area contributed by atoms with Gasteiger partial charge < -0.3 is 10.6 Å². The van der Waals surface area contributed by atoms with Gasteiger partial charge in [0.1, 0.15) is 0 Å². The van der Waals surface area contributed by atoms with Gasteiger partial charge in [0, 0.05) is 0 Å². The Hall–Kier alpha value is -0.120. The normalized spacial score (nSPS) is 10.4. The third-order valence-electron chi connectivity index (χ3n) is 4.22. The fraction of sp³-hybridized carbons (Fsp3) is 1.00. The summed E-state index contributed by atoms with van der Waals surface area (Å²) in [5.74, 6) is 4.53. The highest BCUT2D eigenvalue weighted by molar-refractivity contribution is 4.49. The van der Waals surface area contributed by atoms with E-state index in [1.165, 1.54) is 103 Å². The van der Waals surface area contributed by atoms with Crippen LogP contribution in [-0.2, 0) is 4.84 Å². The molecule has 0 spiro atoms. The van der Waals surface area contributed by atoms with Gasteiger partial charge in [-0.05, 0) is 19.9 Å². The van der Waals surface area contributed by atoms with E-state index in [1.807, 2.05) is 6.92 Å². The molecule has 23 heavy (non-hydrogen) atoms. The zero-order chi connectivity index (χ0) is 17.4. The first kappa shape index (κ1) is 25.1. The zero-order valence-corrected chi connectivity index (χ0v) is 16.3. The van der Waals surface area contributed by atoms with Crippen LogP contribution < -0.4 is 11.6 Å². The molecule has 4 N–H and O–H groups in total. The van der Waals surface area contributed by atoms with Crippen molar-refractivity contribution < 1.29 is 4.84 Å². The number of unbranched alkanes of at least 4 members (excludes halogenated alkanes) is 15. The maximum Gasteiger partial charge on any atom is 0.0651 e. The quantitative estimate of drug-likeness (QED) is 0.250. The van der Waals surface area contributed by atoms with E-state index < -0.39 is 0 Å². The molecule has 3 nitrogen and oxygen atoms in total. The van der Waals surface area contributed by atoms with Crippen molar-refractivity contribution in [3.8, 4) is 0 Å². The highest BCUT2D eigenvalue weighted by Gasteiger charge is 1.94. The molecule has 0 rings (SSSR count). The second-order valence-corrected chi connectivity index (χ2v) is 6.55. The second-order valence-electron chi connectivity index (χ2n) is 6.55.